The van der Waals surface area contributed by atoms with Crippen molar-refractivity contribution in [1.29, 1.82) is 0 Å². The molecule has 1 aromatic carbocycles. The minimum Gasteiger partial charge on any atom is -0.497 e. The van der Waals surface area contributed by atoms with E-state index >= 15 is 0 Å². The number of carbonyl (C=O) groups is 2. The predicted molar refractivity (Wildman–Crippen MR) is 86.5 cm³/mol. The molecule has 1 aromatic rings. The molecule has 126 valence electrons. The molecule has 0 radical (unpaired) electrons. The highest BCUT2D eigenvalue weighted by Crippen LogP contribution is 2.26. The van der Waals surface area contributed by atoms with Crippen molar-refractivity contribution in [3.8, 4) is 5.75 Å². The number of ether oxygens (including phenoxy) is 2. The van der Waals surface area contributed by atoms with Crippen molar-refractivity contribution in [2.45, 2.75) is 44.8 Å². The summed E-state index contributed by atoms with van der Waals surface area (Å²) in [5, 5.41) is 5.68. The lowest BCUT2D eigenvalue weighted by Gasteiger charge is -2.33. The number of hydrogen-bond donors (Lipinski definition) is 2. The first-order valence-electron chi connectivity index (χ1n) is 7.68. The van der Waals surface area contributed by atoms with Crippen molar-refractivity contribution in [2.24, 2.45) is 0 Å². The number of methoxy groups -OCH3 is 1. The number of carbonyl (C=O) groups excluding carboxylic acids is 2. The highest BCUT2D eigenvalue weighted by Gasteiger charge is 2.32. The Bertz CT molecular complexity index is 563. The van der Waals surface area contributed by atoms with Crippen LogP contribution in [-0.2, 0) is 9.53 Å². The molecule has 23 heavy (non-hydrogen) atoms. The Morgan fingerprint density at radius 2 is 1.91 bits per heavy atom. The van der Waals surface area contributed by atoms with Gasteiger partial charge in [0.2, 0.25) is 5.91 Å². The maximum Gasteiger partial charge on any atom is 0.407 e. The van der Waals surface area contributed by atoms with Gasteiger partial charge in [0.25, 0.3) is 0 Å². The number of benzene rings is 1. The maximum atomic E-state index is 12.0. The molecule has 1 aliphatic heterocycles. The van der Waals surface area contributed by atoms with Gasteiger partial charge in [0.15, 0.2) is 0 Å². The van der Waals surface area contributed by atoms with E-state index in [0.717, 1.165) is 11.3 Å². The fourth-order valence-corrected chi connectivity index (χ4v) is 2.59. The van der Waals surface area contributed by atoms with Gasteiger partial charge in [-0.3, -0.25) is 4.79 Å². The summed E-state index contributed by atoms with van der Waals surface area (Å²) in [5.41, 5.74) is 0.461. The van der Waals surface area contributed by atoms with Crippen LogP contribution in [0, 0.1) is 0 Å². The zero-order chi connectivity index (χ0) is 17.0. The zero-order valence-electron chi connectivity index (χ0n) is 14.0. The van der Waals surface area contributed by atoms with Crippen LogP contribution < -0.4 is 15.4 Å². The van der Waals surface area contributed by atoms with E-state index in [-0.39, 0.29) is 24.3 Å². The van der Waals surface area contributed by atoms with Crippen LogP contribution >= 0.6 is 0 Å². The summed E-state index contributed by atoms with van der Waals surface area (Å²) in [7, 11) is 1.61. The number of nitrogens with one attached hydrogen (secondary N) is 2. The Labute approximate surface area is 136 Å². The average Bonchev–Trinajstić information content (AvgIpc) is 2.45. The maximum absolute atomic E-state index is 12.0. The molecule has 1 aliphatic rings. The van der Waals surface area contributed by atoms with Crippen LogP contribution in [0.15, 0.2) is 24.3 Å². The molecule has 6 nitrogen and oxygen atoms in total. The smallest absolute Gasteiger partial charge is 0.407 e. The summed E-state index contributed by atoms with van der Waals surface area (Å²) >= 11 is 0. The van der Waals surface area contributed by atoms with Crippen molar-refractivity contribution in [1.82, 2.24) is 10.6 Å². The predicted octanol–water partition coefficient (Wildman–Crippen LogP) is 2.19. The van der Waals surface area contributed by atoms with Gasteiger partial charge in [-0.2, -0.15) is 0 Å². The van der Waals surface area contributed by atoms with Gasteiger partial charge in [-0.1, -0.05) is 12.1 Å². The molecule has 2 rings (SSSR count). The average molecular weight is 320 g/mol. The van der Waals surface area contributed by atoms with Gasteiger partial charge in [0.05, 0.1) is 7.11 Å². The number of piperidine rings is 1. The molecule has 2 atom stereocenters. The monoisotopic (exact) mass is 320 g/mol. The molecular formula is C17H24N2O4. The molecule has 2 N–H and O–H groups in total. The Hall–Kier alpha value is -2.24. The minimum atomic E-state index is -0.573. The summed E-state index contributed by atoms with van der Waals surface area (Å²) in [4.78, 5) is 23.7. The van der Waals surface area contributed by atoms with Crippen molar-refractivity contribution < 1.29 is 19.1 Å². The Balaban J connectivity index is 2.12. The lowest BCUT2D eigenvalue weighted by atomic mass is 9.86. The van der Waals surface area contributed by atoms with Gasteiger partial charge >= 0.3 is 6.09 Å². The second-order valence-electron chi connectivity index (χ2n) is 6.64. The molecule has 0 saturated carbocycles. The van der Waals surface area contributed by atoms with E-state index in [9.17, 15) is 9.59 Å². The highest BCUT2D eigenvalue weighted by atomic mass is 16.6. The van der Waals surface area contributed by atoms with E-state index in [1.54, 1.807) is 27.9 Å². The molecule has 1 fully saturated rings. The second-order valence-corrected chi connectivity index (χ2v) is 6.64. The van der Waals surface area contributed by atoms with Gasteiger partial charge < -0.3 is 20.1 Å². The standard InChI is InChI=1S/C17H24N2O4/c1-17(2,3)23-16(21)19-14-9-15(20)18-10-13(14)11-5-7-12(22-4)8-6-11/h5-8,13-14H,9-10H2,1-4H3,(H,18,20)(H,19,21). The first kappa shape index (κ1) is 17.1. The summed E-state index contributed by atoms with van der Waals surface area (Å²) < 4.78 is 10.5. The van der Waals surface area contributed by atoms with Crippen LogP contribution in [0.3, 0.4) is 0 Å². The molecular weight excluding hydrogens is 296 g/mol. The Morgan fingerprint density at radius 3 is 2.48 bits per heavy atom. The van der Waals surface area contributed by atoms with E-state index in [2.05, 4.69) is 10.6 Å². The number of hydrogen-bond acceptors (Lipinski definition) is 4. The highest BCUT2D eigenvalue weighted by molar-refractivity contribution is 5.79. The quantitative estimate of drug-likeness (QED) is 0.895. The first-order chi connectivity index (χ1) is 10.8. The van der Waals surface area contributed by atoms with E-state index in [1.165, 1.54) is 0 Å². The molecule has 0 bridgehead atoms. The molecule has 0 aliphatic carbocycles. The SMILES string of the molecule is COc1ccc(C2CNC(=O)CC2NC(=O)OC(C)(C)C)cc1. The summed E-state index contributed by atoms with van der Waals surface area (Å²) in [6.45, 7) is 5.90. The summed E-state index contributed by atoms with van der Waals surface area (Å²) in [6.07, 6.45) is -0.272. The van der Waals surface area contributed by atoms with Crippen LogP contribution in [0.1, 0.15) is 38.7 Å². The minimum absolute atomic E-state index is 0.00822. The van der Waals surface area contributed by atoms with Gasteiger partial charge in [-0.25, -0.2) is 4.79 Å². The molecule has 0 spiro atoms. The Kier molecular flexibility index (Phi) is 5.13. The van der Waals surface area contributed by atoms with Gasteiger partial charge in [-0.15, -0.1) is 0 Å². The lowest BCUT2D eigenvalue weighted by Crippen LogP contribution is -2.51. The van der Waals surface area contributed by atoms with Crippen LogP contribution in [0.4, 0.5) is 4.79 Å². The summed E-state index contributed by atoms with van der Waals surface area (Å²) in [5.74, 6) is 0.687. The van der Waals surface area contributed by atoms with Gasteiger partial charge in [-0.05, 0) is 38.5 Å². The third-order valence-corrected chi connectivity index (χ3v) is 3.66. The third kappa shape index (κ3) is 4.87. The molecule has 6 heteroatoms. The molecule has 0 aromatic heterocycles. The topological polar surface area (TPSA) is 76.7 Å². The van der Waals surface area contributed by atoms with E-state index < -0.39 is 11.7 Å². The Morgan fingerprint density at radius 1 is 1.26 bits per heavy atom. The van der Waals surface area contributed by atoms with Gasteiger partial charge in [0, 0.05) is 24.9 Å². The van der Waals surface area contributed by atoms with Crippen molar-refractivity contribution >= 4 is 12.0 Å². The fraction of sp³-hybridized carbons (Fsp3) is 0.529. The van der Waals surface area contributed by atoms with Crippen LogP contribution in [-0.4, -0.2) is 37.3 Å². The molecule has 2 unspecified atom stereocenters. The van der Waals surface area contributed by atoms with Crippen LogP contribution in [0.25, 0.3) is 0 Å². The first-order valence-corrected chi connectivity index (χ1v) is 7.68. The second kappa shape index (κ2) is 6.89. The number of amides is 2. The third-order valence-electron chi connectivity index (χ3n) is 3.66. The summed E-state index contributed by atoms with van der Waals surface area (Å²) in [6, 6.07) is 7.34. The van der Waals surface area contributed by atoms with Gasteiger partial charge in [0.1, 0.15) is 11.4 Å². The zero-order valence-corrected chi connectivity index (χ0v) is 14.0. The van der Waals surface area contributed by atoms with Crippen LogP contribution in [0.5, 0.6) is 5.75 Å². The van der Waals surface area contributed by atoms with E-state index in [4.69, 9.17) is 9.47 Å². The number of rotatable bonds is 3. The van der Waals surface area contributed by atoms with Crippen LogP contribution in [0.2, 0.25) is 0 Å². The van der Waals surface area contributed by atoms with Crippen molar-refractivity contribution in [3.63, 3.8) is 0 Å². The molecule has 2 amide bonds. The largest absolute Gasteiger partial charge is 0.497 e. The molecule has 1 heterocycles. The fourth-order valence-electron chi connectivity index (χ4n) is 2.59. The lowest BCUT2D eigenvalue weighted by molar-refractivity contribution is -0.123. The molecule has 1 saturated heterocycles. The van der Waals surface area contributed by atoms with Crippen molar-refractivity contribution in [3.05, 3.63) is 29.8 Å². The van der Waals surface area contributed by atoms with E-state index in [1.807, 2.05) is 24.3 Å². The normalized spacial score (nSPS) is 21.3. The van der Waals surface area contributed by atoms with E-state index in [0.29, 0.717) is 6.54 Å². The van der Waals surface area contributed by atoms with Crippen molar-refractivity contribution in [2.75, 3.05) is 13.7 Å². The number of alkyl carbamates (subject to hydrolysis) is 1.